The standard InChI is InChI=1S/C12H24N2O3/c1-10(12(16)17-5)9-14(4)8-6-7-11(15)13(2)3/h10H,6-9H2,1-5H3. The number of carbonyl (C=O) groups excluding carboxylic acids is 2. The van der Waals surface area contributed by atoms with Crippen molar-refractivity contribution >= 4 is 11.9 Å². The molecule has 0 radical (unpaired) electrons. The number of nitrogens with zero attached hydrogens (tertiary/aromatic N) is 2. The molecule has 0 aliphatic carbocycles. The second-order valence-corrected chi connectivity index (χ2v) is 4.58. The van der Waals surface area contributed by atoms with E-state index in [1.807, 2.05) is 18.9 Å². The molecule has 0 aliphatic heterocycles. The van der Waals surface area contributed by atoms with Gasteiger partial charge in [0, 0.05) is 27.1 Å². The predicted molar refractivity (Wildman–Crippen MR) is 66.6 cm³/mol. The molecule has 0 aromatic carbocycles. The van der Waals surface area contributed by atoms with Crippen LogP contribution in [0, 0.1) is 5.92 Å². The van der Waals surface area contributed by atoms with Crippen LogP contribution in [0.3, 0.4) is 0 Å². The van der Waals surface area contributed by atoms with Gasteiger partial charge in [-0.15, -0.1) is 0 Å². The van der Waals surface area contributed by atoms with E-state index >= 15 is 0 Å². The van der Waals surface area contributed by atoms with Crippen LogP contribution >= 0.6 is 0 Å². The summed E-state index contributed by atoms with van der Waals surface area (Å²) in [5.41, 5.74) is 0. The lowest BCUT2D eigenvalue weighted by Crippen LogP contribution is -2.31. The molecule has 0 aromatic rings. The summed E-state index contributed by atoms with van der Waals surface area (Å²) < 4.78 is 4.66. The molecule has 5 heteroatoms. The van der Waals surface area contributed by atoms with Gasteiger partial charge in [-0.3, -0.25) is 9.59 Å². The second-order valence-electron chi connectivity index (χ2n) is 4.58. The molecule has 0 rings (SSSR count). The Morgan fingerprint density at radius 3 is 2.29 bits per heavy atom. The smallest absolute Gasteiger partial charge is 0.309 e. The molecular formula is C12H24N2O3. The molecule has 0 bridgehead atoms. The van der Waals surface area contributed by atoms with E-state index in [-0.39, 0.29) is 17.8 Å². The fraction of sp³-hybridized carbons (Fsp3) is 0.833. The minimum atomic E-state index is -0.193. The summed E-state index contributed by atoms with van der Waals surface area (Å²) in [4.78, 5) is 26.2. The van der Waals surface area contributed by atoms with Gasteiger partial charge in [0.1, 0.15) is 0 Å². The molecular weight excluding hydrogens is 220 g/mol. The first kappa shape index (κ1) is 15.9. The van der Waals surface area contributed by atoms with Crippen molar-refractivity contribution in [2.75, 3.05) is 41.3 Å². The van der Waals surface area contributed by atoms with Gasteiger partial charge in [-0.05, 0) is 20.0 Å². The molecule has 100 valence electrons. The predicted octanol–water partition coefficient (Wildman–Crippen LogP) is 0.596. The van der Waals surface area contributed by atoms with Crippen molar-refractivity contribution in [3.05, 3.63) is 0 Å². The molecule has 0 spiro atoms. The molecule has 1 amide bonds. The van der Waals surface area contributed by atoms with Crippen LogP contribution in [0.2, 0.25) is 0 Å². The molecule has 17 heavy (non-hydrogen) atoms. The first-order chi connectivity index (χ1) is 7.88. The molecule has 0 saturated heterocycles. The van der Waals surface area contributed by atoms with E-state index in [1.165, 1.54) is 7.11 Å². The SMILES string of the molecule is COC(=O)C(C)CN(C)CCCC(=O)N(C)C. The molecule has 1 unspecified atom stereocenters. The van der Waals surface area contributed by atoms with Crippen LogP contribution < -0.4 is 0 Å². The van der Waals surface area contributed by atoms with Crippen LogP contribution in [0.4, 0.5) is 0 Å². The second kappa shape index (κ2) is 8.06. The summed E-state index contributed by atoms with van der Waals surface area (Å²) in [7, 11) is 6.85. The van der Waals surface area contributed by atoms with Gasteiger partial charge in [-0.1, -0.05) is 6.92 Å². The lowest BCUT2D eigenvalue weighted by molar-refractivity contribution is -0.145. The van der Waals surface area contributed by atoms with Gasteiger partial charge in [0.05, 0.1) is 13.0 Å². The van der Waals surface area contributed by atoms with Gasteiger partial charge in [0.15, 0.2) is 0 Å². The number of methoxy groups -OCH3 is 1. The van der Waals surface area contributed by atoms with Crippen LogP contribution in [0.1, 0.15) is 19.8 Å². The topological polar surface area (TPSA) is 49.9 Å². The van der Waals surface area contributed by atoms with Gasteiger partial charge >= 0.3 is 5.97 Å². The molecule has 1 atom stereocenters. The Hall–Kier alpha value is -1.10. The van der Waals surface area contributed by atoms with Gasteiger partial charge in [-0.25, -0.2) is 0 Å². The number of rotatable bonds is 7. The zero-order valence-corrected chi connectivity index (χ0v) is 11.5. The number of hydrogen-bond acceptors (Lipinski definition) is 4. The molecule has 0 aliphatic rings. The molecule has 0 aromatic heterocycles. The Bertz CT molecular complexity index is 254. The monoisotopic (exact) mass is 244 g/mol. The van der Waals surface area contributed by atoms with E-state index in [0.29, 0.717) is 13.0 Å². The third-order valence-corrected chi connectivity index (χ3v) is 2.62. The average Bonchev–Trinajstić information content (AvgIpc) is 2.27. The van der Waals surface area contributed by atoms with E-state index in [1.54, 1.807) is 19.0 Å². The van der Waals surface area contributed by atoms with Gasteiger partial charge < -0.3 is 14.5 Å². The number of carbonyl (C=O) groups is 2. The highest BCUT2D eigenvalue weighted by molar-refractivity contribution is 5.75. The van der Waals surface area contributed by atoms with Crippen molar-refractivity contribution in [3.8, 4) is 0 Å². The van der Waals surface area contributed by atoms with Crippen molar-refractivity contribution in [3.63, 3.8) is 0 Å². The molecule has 0 heterocycles. The summed E-state index contributed by atoms with van der Waals surface area (Å²) >= 11 is 0. The Morgan fingerprint density at radius 1 is 1.24 bits per heavy atom. The first-order valence-corrected chi connectivity index (χ1v) is 5.85. The third-order valence-electron chi connectivity index (χ3n) is 2.62. The average molecular weight is 244 g/mol. The quantitative estimate of drug-likeness (QED) is 0.615. The maximum absolute atomic E-state index is 11.3. The van der Waals surface area contributed by atoms with E-state index in [2.05, 4.69) is 4.74 Å². The molecule has 0 fully saturated rings. The Morgan fingerprint density at radius 2 is 1.82 bits per heavy atom. The minimum absolute atomic E-state index is 0.130. The van der Waals surface area contributed by atoms with Gasteiger partial charge in [0.2, 0.25) is 5.91 Å². The van der Waals surface area contributed by atoms with Crippen molar-refractivity contribution in [2.24, 2.45) is 5.92 Å². The maximum Gasteiger partial charge on any atom is 0.309 e. The van der Waals surface area contributed by atoms with Crippen LogP contribution in [0.5, 0.6) is 0 Å². The largest absolute Gasteiger partial charge is 0.469 e. The summed E-state index contributed by atoms with van der Waals surface area (Å²) in [6.45, 7) is 3.30. The van der Waals surface area contributed by atoms with E-state index in [4.69, 9.17) is 0 Å². The molecule has 5 nitrogen and oxygen atoms in total. The van der Waals surface area contributed by atoms with Crippen LogP contribution in [0.15, 0.2) is 0 Å². The van der Waals surface area contributed by atoms with Crippen LogP contribution in [-0.4, -0.2) is 63.0 Å². The Labute approximate surface area is 104 Å². The third kappa shape index (κ3) is 6.94. The highest BCUT2D eigenvalue weighted by Gasteiger charge is 2.15. The number of ether oxygens (including phenoxy) is 1. The lowest BCUT2D eigenvalue weighted by atomic mass is 10.1. The Balaban J connectivity index is 3.76. The highest BCUT2D eigenvalue weighted by Crippen LogP contribution is 2.02. The maximum atomic E-state index is 11.3. The van der Waals surface area contributed by atoms with Crippen molar-refractivity contribution in [1.82, 2.24) is 9.80 Å². The summed E-state index contributed by atoms with van der Waals surface area (Å²) in [6, 6.07) is 0. The van der Waals surface area contributed by atoms with Crippen molar-refractivity contribution < 1.29 is 14.3 Å². The van der Waals surface area contributed by atoms with E-state index in [9.17, 15) is 9.59 Å². The van der Waals surface area contributed by atoms with Crippen molar-refractivity contribution in [2.45, 2.75) is 19.8 Å². The number of hydrogen-bond donors (Lipinski definition) is 0. The molecule has 0 N–H and O–H groups in total. The number of esters is 1. The van der Waals surface area contributed by atoms with Crippen LogP contribution in [-0.2, 0) is 14.3 Å². The van der Waals surface area contributed by atoms with Gasteiger partial charge in [0.25, 0.3) is 0 Å². The minimum Gasteiger partial charge on any atom is -0.469 e. The highest BCUT2D eigenvalue weighted by atomic mass is 16.5. The first-order valence-electron chi connectivity index (χ1n) is 5.85. The lowest BCUT2D eigenvalue weighted by Gasteiger charge is -2.20. The van der Waals surface area contributed by atoms with Gasteiger partial charge in [-0.2, -0.15) is 0 Å². The summed E-state index contributed by atoms with van der Waals surface area (Å²) in [5, 5.41) is 0. The summed E-state index contributed by atoms with van der Waals surface area (Å²) in [6.07, 6.45) is 1.35. The fourth-order valence-electron chi connectivity index (χ4n) is 1.56. The molecule has 0 saturated carbocycles. The van der Waals surface area contributed by atoms with Crippen LogP contribution in [0.25, 0.3) is 0 Å². The Kier molecular flexibility index (Phi) is 7.54. The van der Waals surface area contributed by atoms with E-state index in [0.717, 1.165) is 13.0 Å². The fourth-order valence-corrected chi connectivity index (χ4v) is 1.56. The summed E-state index contributed by atoms with van der Waals surface area (Å²) in [5.74, 6) is -0.185. The zero-order chi connectivity index (χ0) is 13.4. The van der Waals surface area contributed by atoms with E-state index < -0.39 is 0 Å². The zero-order valence-electron chi connectivity index (χ0n) is 11.5. The number of amides is 1. The normalized spacial score (nSPS) is 12.4. The van der Waals surface area contributed by atoms with Crippen molar-refractivity contribution in [1.29, 1.82) is 0 Å².